The van der Waals surface area contributed by atoms with Crippen molar-refractivity contribution in [3.05, 3.63) is 5.89 Å². The van der Waals surface area contributed by atoms with Crippen LogP contribution in [0.3, 0.4) is 0 Å². The van der Waals surface area contributed by atoms with Crippen molar-refractivity contribution >= 4 is 17.6 Å². The fourth-order valence-corrected chi connectivity index (χ4v) is 1.31. The average molecular weight is 248 g/mol. The largest absolute Gasteiger partial charge is 0.406 e. The van der Waals surface area contributed by atoms with E-state index in [9.17, 15) is 0 Å². The highest BCUT2D eigenvalue weighted by molar-refractivity contribution is 6.20. The van der Waals surface area contributed by atoms with Crippen LogP contribution in [0.2, 0.25) is 0 Å². The molecule has 1 unspecified atom stereocenters. The van der Waals surface area contributed by atoms with Gasteiger partial charge in [0.1, 0.15) is 5.38 Å². The topological polar surface area (TPSA) is 51.4 Å². The van der Waals surface area contributed by atoms with E-state index in [1.54, 1.807) is 6.92 Å². The number of rotatable bonds is 7. The van der Waals surface area contributed by atoms with E-state index in [2.05, 4.69) is 10.2 Å². The van der Waals surface area contributed by atoms with Crippen molar-refractivity contribution in [2.24, 2.45) is 0 Å². The Morgan fingerprint density at radius 1 is 1.44 bits per heavy atom. The molecule has 1 aromatic heterocycles. The van der Waals surface area contributed by atoms with E-state index >= 15 is 0 Å². The van der Waals surface area contributed by atoms with Crippen LogP contribution in [0.25, 0.3) is 0 Å². The Morgan fingerprint density at radius 3 is 2.69 bits per heavy atom. The predicted molar refractivity (Wildman–Crippen MR) is 62.9 cm³/mol. The molecule has 0 aliphatic carbocycles. The third-order valence-electron chi connectivity index (χ3n) is 2.13. The van der Waals surface area contributed by atoms with Gasteiger partial charge in [-0.15, -0.1) is 16.7 Å². The fraction of sp³-hybridized carbons (Fsp3) is 0.800. The predicted octanol–water partition coefficient (Wildman–Crippen LogP) is 2.23. The van der Waals surface area contributed by atoms with Crippen LogP contribution in [0, 0.1) is 0 Å². The minimum absolute atomic E-state index is 0.258. The number of nitrogens with zero attached hydrogens (tertiary/aromatic N) is 3. The lowest BCUT2D eigenvalue weighted by atomic mass is 10.5. The Kier molecular flexibility index (Phi) is 5.55. The molecule has 1 aromatic rings. The van der Waals surface area contributed by atoms with Crippen LogP contribution < -0.4 is 4.90 Å². The Hall–Kier alpha value is -0.810. The summed E-state index contributed by atoms with van der Waals surface area (Å²) in [5.74, 6) is 0.450. The summed E-state index contributed by atoms with van der Waals surface area (Å²) < 4.78 is 10.7. The van der Waals surface area contributed by atoms with Crippen molar-refractivity contribution < 1.29 is 9.15 Å². The monoisotopic (exact) mass is 247 g/mol. The maximum Gasteiger partial charge on any atom is 0.318 e. The second-order valence-electron chi connectivity index (χ2n) is 3.32. The average Bonchev–Trinajstić information content (AvgIpc) is 2.74. The SMILES string of the molecule is CCOCCN(CC)c1nnc(C(C)Cl)o1. The lowest BCUT2D eigenvalue weighted by Gasteiger charge is -2.17. The van der Waals surface area contributed by atoms with E-state index in [1.807, 2.05) is 18.7 Å². The second kappa shape index (κ2) is 6.70. The second-order valence-corrected chi connectivity index (χ2v) is 3.97. The molecule has 0 spiro atoms. The van der Waals surface area contributed by atoms with Crippen molar-refractivity contribution in [1.29, 1.82) is 0 Å². The molecule has 0 fully saturated rings. The molecule has 0 amide bonds. The first-order chi connectivity index (χ1) is 7.69. The minimum Gasteiger partial charge on any atom is -0.406 e. The van der Waals surface area contributed by atoms with E-state index in [0.717, 1.165) is 13.1 Å². The first-order valence-electron chi connectivity index (χ1n) is 5.49. The van der Waals surface area contributed by atoms with Gasteiger partial charge in [-0.1, -0.05) is 5.10 Å². The highest BCUT2D eigenvalue weighted by atomic mass is 35.5. The molecule has 92 valence electrons. The molecule has 0 saturated heterocycles. The first kappa shape index (κ1) is 13.3. The molecule has 0 aromatic carbocycles. The summed E-state index contributed by atoms with van der Waals surface area (Å²) in [6.07, 6.45) is 0. The van der Waals surface area contributed by atoms with Crippen LogP contribution in [-0.2, 0) is 4.74 Å². The molecule has 0 bridgehead atoms. The maximum absolute atomic E-state index is 5.85. The highest BCUT2D eigenvalue weighted by Gasteiger charge is 2.15. The smallest absolute Gasteiger partial charge is 0.318 e. The molecule has 0 aliphatic heterocycles. The van der Waals surface area contributed by atoms with Crippen LogP contribution in [0.5, 0.6) is 0 Å². The van der Waals surface area contributed by atoms with E-state index < -0.39 is 0 Å². The number of halogens is 1. The van der Waals surface area contributed by atoms with Gasteiger partial charge >= 0.3 is 6.01 Å². The quantitative estimate of drug-likeness (QED) is 0.546. The van der Waals surface area contributed by atoms with Crippen LogP contribution >= 0.6 is 11.6 Å². The van der Waals surface area contributed by atoms with Gasteiger partial charge in [-0.2, -0.15) is 0 Å². The van der Waals surface area contributed by atoms with Gasteiger partial charge in [0, 0.05) is 19.7 Å². The van der Waals surface area contributed by atoms with Gasteiger partial charge in [0.05, 0.1) is 6.61 Å². The number of likely N-dealkylation sites (N-methyl/N-ethyl adjacent to an activating group) is 1. The molecule has 0 radical (unpaired) electrons. The maximum atomic E-state index is 5.85. The number of ether oxygens (including phenoxy) is 1. The van der Waals surface area contributed by atoms with Crippen LogP contribution in [0.4, 0.5) is 6.01 Å². The molecule has 16 heavy (non-hydrogen) atoms. The molecule has 0 saturated carbocycles. The zero-order valence-electron chi connectivity index (χ0n) is 9.94. The summed E-state index contributed by atoms with van der Waals surface area (Å²) in [6.45, 7) is 8.70. The minimum atomic E-state index is -0.258. The van der Waals surface area contributed by atoms with Gasteiger partial charge in [0.2, 0.25) is 5.89 Å². The Morgan fingerprint density at radius 2 is 2.19 bits per heavy atom. The first-order valence-corrected chi connectivity index (χ1v) is 5.92. The van der Waals surface area contributed by atoms with E-state index in [-0.39, 0.29) is 5.38 Å². The third kappa shape index (κ3) is 3.64. The van der Waals surface area contributed by atoms with Crippen molar-refractivity contribution in [2.75, 3.05) is 31.2 Å². The summed E-state index contributed by atoms with van der Waals surface area (Å²) in [6, 6.07) is 0.504. The fourth-order valence-electron chi connectivity index (χ4n) is 1.22. The summed E-state index contributed by atoms with van der Waals surface area (Å²) in [5, 5.41) is 7.58. The number of hydrogen-bond acceptors (Lipinski definition) is 5. The number of hydrogen-bond donors (Lipinski definition) is 0. The molecule has 6 heteroatoms. The molecular weight excluding hydrogens is 230 g/mol. The molecule has 0 aliphatic rings. The molecule has 0 N–H and O–H groups in total. The summed E-state index contributed by atoms with van der Waals surface area (Å²) in [5.41, 5.74) is 0. The molecule has 1 atom stereocenters. The van der Waals surface area contributed by atoms with Crippen molar-refractivity contribution in [3.8, 4) is 0 Å². The van der Waals surface area contributed by atoms with Crippen molar-refractivity contribution in [1.82, 2.24) is 10.2 Å². The van der Waals surface area contributed by atoms with E-state index in [4.69, 9.17) is 20.8 Å². The van der Waals surface area contributed by atoms with Crippen molar-refractivity contribution in [2.45, 2.75) is 26.1 Å². The van der Waals surface area contributed by atoms with Gasteiger partial charge < -0.3 is 14.1 Å². The van der Waals surface area contributed by atoms with Gasteiger partial charge in [0.15, 0.2) is 0 Å². The van der Waals surface area contributed by atoms with Crippen LogP contribution in [0.1, 0.15) is 32.0 Å². The van der Waals surface area contributed by atoms with Crippen LogP contribution in [-0.4, -0.2) is 36.5 Å². The van der Waals surface area contributed by atoms with E-state index in [1.165, 1.54) is 0 Å². The molecule has 1 rings (SSSR count). The van der Waals surface area contributed by atoms with Gasteiger partial charge in [-0.25, -0.2) is 0 Å². The zero-order chi connectivity index (χ0) is 12.0. The Balaban J connectivity index is 2.56. The number of anilines is 1. The van der Waals surface area contributed by atoms with Gasteiger partial charge in [-0.3, -0.25) is 0 Å². The summed E-state index contributed by atoms with van der Waals surface area (Å²) in [7, 11) is 0. The third-order valence-corrected chi connectivity index (χ3v) is 2.32. The molecule has 1 heterocycles. The van der Waals surface area contributed by atoms with Crippen LogP contribution in [0.15, 0.2) is 4.42 Å². The van der Waals surface area contributed by atoms with Crippen molar-refractivity contribution in [3.63, 3.8) is 0 Å². The van der Waals surface area contributed by atoms with E-state index in [0.29, 0.717) is 25.1 Å². The number of alkyl halides is 1. The standard InChI is InChI=1S/C10H18ClN3O2/c1-4-14(6-7-15-5-2)10-13-12-9(16-10)8(3)11/h8H,4-7H2,1-3H3. The normalized spacial score (nSPS) is 12.8. The highest BCUT2D eigenvalue weighted by Crippen LogP contribution is 2.21. The van der Waals surface area contributed by atoms with Gasteiger partial charge in [0.25, 0.3) is 0 Å². The van der Waals surface area contributed by atoms with Gasteiger partial charge in [-0.05, 0) is 20.8 Å². The Bertz CT molecular complexity index is 304. The lowest BCUT2D eigenvalue weighted by Crippen LogP contribution is -2.27. The zero-order valence-corrected chi connectivity index (χ0v) is 10.7. The molecular formula is C10H18ClN3O2. The summed E-state index contributed by atoms with van der Waals surface area (Å²) >= 11 is 5.85. The lowest BCUT2D eigenvalue weighted by molar-refractivity contribution is 0.153. The Labute approximate surface area is 101 Å². The summed E-state index contributed by atoms with van der Waals surface area (Å²) in [4.78, 5) is 1.96. The molecule has 5 nitrogen and oxygen atoms in total. The number of aromatic nitrogens is 2.